The molecule has 0 fully saturated rings. The van der Waals surface area contributed by atoms with Crippen molar-refractivity contribution < 1.29 is 23.8 Å². The lowest BCUT2D eigenvalue weighted by molar-refractivity contribution is -0.136. The van der Waals surface area contributed by atoms with E-state index in [1.165, 1.54) is 6.08 Å². The van der Waals surface area contributed by atoms with Gasteiger partial charge in [-0.3, -0.25) is 4.79 Å². The quantitative estimate of drug-likeness (QED) is 0.468. The molecule has 0 spiro atoms. The van der Waals surface area contributed by atoms with Crippen molar-refractivity contribution in [3.63, 3.8) is 0 Å². The van der Waals surface area contributed by atoms with E-state index in [1.807, 2.05) is 0 Å². The molecule has 1 aromatic carbocycles. The third kappa shape index (κ3) is 3.91. The molecule has 5 nitrogen and oxygen atoms in total. The minimum atomic E-state index is -0.598. The molecule has 1 aromatic heterocycles. The summed E-state index contributed by atoms with van der Waals surface area (Å²) >= 11 is 6.90. The molecular formula is C16H11ClO5S. The van der Waals surface area contributed by atoms with Crippen LogP contribution in [0.3, 0.4) is 0 Å². The normalized spacial score (nSPS) is 12.6. The van der Waals surface area contributed by atoms with E-state index in [4.69, 9.17) is 25.8 Å². The van der Waals surface area contributed by atoms with Gasteiger partial charge in [0.05, 0.1) is 9.21 Å². The highest BCUT2D eigenvalue weighted by atomic mass is 35.5. The fraction of sp³-hybridized carbons (Fsp3) is 0.125. The topological polar surface area (TPSA) is 61.8 Å². The summed E-state index contributed by atoms with van der Waals surface area (Å²) in [5.74, 6) is 0.417. The average Bonchev–Trinajstić information content (AvgIpc) is 3.18. The highest BCUT2D eigenvalue weighted by Gasteiger charge is 2.13. The van der Waals surface area contributed by atoms with Crippen LogP contribution in [0.15, 0.2) is 36.4 Å². The first kappa shape index (κ1) is 15.6. The molecular weight excluding hydrogens is 340 g/mol. The monoisotopic (exact) mass is 350 g/mol. The fourth-order valence-electron chi connectivity index (χ4n) is 1.90. The molecule has 2 aromatic rings. The predicted octanol–water partition coefficient (Wildman–Crippen LogP) is 3.57. The Labute approximate surface area is 141 Å². The van der Waals surface area contributed by atoms with E-state index in [0.717, 1.165) is 16.9 Å². The second-order valence-corrected chi connectivity index (χ2v) is 6.30. The van der Waals surface area contributed by atoms with Crippen LogP contribution in [-0.2, 0) is 9.53 Å². The van der Waals surface area contributed by atoms with Crippen LogP contribution in [0.5, 0.6) is 11.5 Å². The molecule has 0 amide bonds. The molecule has 1 aliphatic rings. The van der Waals surface area contributed by atoms with Crippen molar-refractivity contribution in [1.29, 1.82) is 0 Å². The van der Waals surface area contributed by atoms with Crippen molar-refractivity contribution >= 4 is 40.8 Å². The molecule has 3 rings (SSSR count). The molecule has 2 heterocycles. The summed E-state index contributed by atoms with van der Waals surface area (Å²) in [6, 6.07) is 8.53. The number of Topliss-reactive ketones (excluding diaryl/α,β-unsaturated/α-hetero) is 1. The van der Waals surface area contributed by atoms with Crippen molar-refractivity contribution in [3.05, 3.63) is 51.2 Å². The second-order valence-electron chi connectivity index (χ2n) is 4.58. The highest BCUT2D eigenvalue weighted by Crippen LogP contribution is 2.32. The zero-order valence-electron chi connectivity index (χ0n) is 11.8. The van der Waals surface area contributed by atoms with Crippen LogP contribution in [0.1, 0.15) is 15.2 Å². The number of ether oxygens (including phenoxy) is 3. The SMILES string of the molecule is O=C(C=Cc1ccc2c(c1)OCO2)OCC(=O)c1ccc(Cl)s1. The number of rotatable bonds is 5. The van der Waals surface area contributed by atoms with E-state index < -0.39 is 5.97 Å². The van der Waals surface area contributed by atoms with Crippen LogP contribution >= 0.6 is 22.9 Å². The maximum Gasteiger partial charge on any atom is 0.331 e. The van der Waals surface area contributed by atoms with Crippen molar-refractivity contribution in [3.8, 4) is 11.5 Å². The molecule has 0 saturated carbocycles. The number of carbonyl (C=O) groups excluding carboxylic acids is 2. The Bertz CT molecular complexity index is 781. The Hall–Kier alpha value is -2.31. The Morgan fingerprint density at radius 3 is 2.83 bits per heavy atom. The van der Waals surface area contributed by atoms with Gasteiger partial charge in [-0.25, -0.2) is 4.79 Å². The summed E-state index contributed by atoms with van der Waals surface area (Å²) in [7, 11) is 0. The number of fused-ring (bicyclic) bond motifs is 1. The molecule has 0 bridgehead atoms. The predicted molar refractivity (Wildman–Crippen MR) is 86.2 cm³/mol. The minimum absolute atomic E-state index is 0.194. The molecule has 0 radical (unpaired) electrons. The van der Waals surface area contributed by atoms with Gasteiger partial charge in [0.2, 0.25) is 12.6 Å². The first-order valence-electron chi connectivity index (χ1n) is 6.65. The van der Waals surface area contributed by atoms with Gasteiger partial charge in [0, 0.05) is 6.08 Å². The van der Waals surface area contributed by atoms with E-state index >= 15 is 0 Å². The number of thiophene rings is 1. The largest absolute Gasteiger partial charge is 0.454 e. The number of esters is 1. The Kier molecular flexibility index (Phi) is 4.64. The smallest absolute Gasteiger partial charge is 0.331 e. The van der Waals surface area contributed by atoms with Crippen molar-refractivity contribution in [2.24, 2.45) is 0 Å². The molecule has 0 N–H and O–H groups in total. The van der Waals surface area contributed by atoms with Crippen LogP contribution in [0.4, 0.5) is 0 Å². The van der Waals surface area contributed by atoms with E-state index in [2.05, 4.69) is 0 Å². The summed E-state index contributed by atoms with van der Waals surface area (Å²) in [6.45, 7) is -0.124. The van der Waals surface area contributed by atoms with Gasteiger partial charge >= 0.3 is 5.97 Å². The van der Waals surface area contributed by atoms with E-state index in [-0.39, 0.29) is 19.2 Å². The van der Waals surface area contributed by atoms with Crippen LogP contribution in [0.2, 0.25) is 4.34 Å². The summed E-state index contributed by atoms with van der Waals surface area (Å²) in [5.41, 5.74) is 0.766. The lowest BCUT2D eigenvalue weighted by atomic mass is 10.2. The highest BCUT2D eigenvalue weighted by molar-refractivity contribution is 7.18. The third-order valence-electron chi connectivity index (χ3n) is 3.00. The molecule has 0 saturated heterocycles. The standard InChI is InChI=1S/C16H11ClO5S/c17-15-5-4-14(23-15)11(18)8-20-16(19)6-2-10-1-3-12-13(7-10)22-9-21-12/h1-7H,8-9H2. The maximum absolute atomic E-state index is 11.8. The van der Waals surface area contributed by atoms with Gasteiger partial charge in [-0.2, -0.15) is 0 Å². The maximum atomic E-state index is 11.8. The molecule has 1 aliphatic heterocycles. The Balaban J connectivity index is 1.54. The summed E-state index contributed by atoms with van der Waals surface area (Å²) < 4.78 is 15.9. The second kappa shape index (κ2) is 6.85. The van der Waals surface area contributed by atoms with Crippen LogP contribution in [0, 0.1) is 0 Å². The number of carbonyl (C=O) groups is 2. The van der Waals surface area contributed by atoms with Gasteiger partial charge in [0.1, 0.15) is 0 Å². The van der Waals surface area contributed by atoms with Crippen LogP contribution < -0.4 is 9.47 Å². The van der Waals surface area contributed by atoms with Gasteiger partial charge < -0.3 is 14.2 Å². The fourth-order valence-corrected chi connectivity index (χ4v) is 2.87. The summed E-state index contributed by atoms with van der Waals surface area (Å²) in [5, 5.41) is 0. The number of hydrogen-bond donors (Lipinski definition) is 0. The number of ketones is 1. The van der Waals surface area contributed by atoms with E-state index in [1.54, 1.807) is 36.4 Å². The third-order valence-corrected chi connectivity index (χ3v) is 4.27. The summed E-state index contributed by atoms with van der Waals surface area (Å²) in [6.07, 6.45) is 2.84. The number of benzene rings is 1. The Morgan fingerprint density at radius 2 is 2.04 bits per heavy atom. The number of hydrogen-bond acceptors (Lipinski definition) is 6. The molecule has 118 valence electrons. The first-order valence-corrected chi connectivity index (χ1v) is 7.84. The van der Waals surface area contributed by atoms with E-state index in [0.29, 0.717) is 20.7 Å². The van der Waals surface area contributed by atoms with Crippen LogP contribution in [-0.4, -0.2) is 25.2 Å². The van der Waals surface area contributed by atoms with Gasteiger partial charge in [-0.15, -0.1) is 11.3 Å². The first-order chi connectivity index (χ1) is 11.1. The average molecular weight is 351 g/mol. The molecule has 0 atom stereocenters. The van der Waals surface area contributed by atoms with E-state index in [9.17, 15) is 9.59 Å². The van der Waals surface area contributed by atoms with Crippen molar-refractivity contribution in [2.45, 2.75) is 0 Å². The van der Waals surface area contributed by atoms with Gasteiger partial charge in [0.25, 0.3) is 0 Å². The van der Waals surface area contributed by atoms with Gasteiger partial charge in [0.15, 0.2) is 18.1 Å². The zero-order valence-corrected chi connectivity index (χ0v) is 13.4. The minimum Gasteiger partial charge on any atom is -0.454 e. The van der Waals surface area contributed by atoms with Gasteiger partial charge in [-0.1, -0.05) is 17.7 Å². The Morgan fingerprint density at radius 1 is 1.22 bits per heavy atom. The molecule has 7 heteroatoms. The molecule has 0 unspecified atom stereocenters. The lowest BCUT2D eigenvalue weighted by Gasteiger charge is -2.00. The molecule has 0 aliphatic carbocycles. The van der Waals surface area contributed by atoms with Crippen molar-refractivity contribution in [2.75, 3.05) is 13.4 Å². The zero-order chi connectivity index (χ0) is 16.2. The number of halogens is 1. The van der Waals surface area contributed by atoms with Crippen molar-refractivity contribution in [1.82, 2.24) is 0 Å². The molecule has 23 heavy (non-hydrogen) atoms. The lowest BCUT2D eigenvalue weighted by Crippen LogP contribution is -2.11. The van der Waals surface area contributed by atoms with Gasteiger partial charge in [-0.05, 0) is 35.9 Å². The van der Waals surface area contributed by atoms with Crippen LogP contribution in [0.25, 0.3) is 6.08 Å². The summed E-state index contributed by atoms with van der Waals surface area (Å²) in [4.78, 5) is 23.9.